The highest BCUT2D eigenvalue weighted by molar-refractivity contribution is 9.09. The van der Waals surface area contributed by atoms with Crippen LogP contribution in [0.1, 0.15) is 0 Å². The van der Waals surface area contributed by atoms with E-state index in [1.165, 1.54) is 0 Å². The van der Waals surface area contributed by atoms with E-state index in [2.05, 4.69) is 34.4 Å². The number of alkyl halides is 1. The average Bonchev–Trinajstić information content (AvgIpc) is 2.61. The van der Waals surface area contributed by atoms with Gasteiger partial charge >= 0.3 is 5.97 Å². The van der Waals surface area contributed by atoms with E-state index in [9.17, 15) is 4.79 Å². The van der Waals surface area contributed by atoms with Crippen LogP contribution in [0.15, 0.2) is 54.6 Å². The molecule has 0 bridgehead atoms. The van der Waals surface area contributed by atoms with Gasteiger partial charge in [-0.1, -0.05) is 58.4 Å². The van der Waals surface area contributed by atoms with Crippen LogP contribution >= 0.6 is 27.5 Å². The molecule has 8 heteroatoms. The van der Waals surface area contributed by atoms with Crippen LogP contribution in [0.3, 0.4) is 0 Å². The maximum Gasteiger partial charge on any atom is 0.322 e. The molecule has 0 spiro atoms. The molecular weight excluding hydrogens is 396 g/mol. The quantitative estimate of drug-likeness (QED) is 0.353. The van der Waals surface area contributed by atoms with Crippen molar-refractivity contribution in [3.05, 3.63) is 54.6 Å². The third-order valence-electron chi connectivity index (χ3n) is 1.71. The highest BCUT2D eigenvalue weighted by Gasteiger charge is 1.94. The Balaban J connectivity index is -0.000000285. The van der Waals surface area contributed by atoms with E-state index in [-0.39, 0.29) is 6.54 Å². The Morgan fingerprint density at radius 2 is 1.71 bits per heavy atom. The van der Waals surface area contributed by atoms with Gasteiger partial charge in [0.25, 0.3) is 0 Å². The molecule has 0 radical (unpaired) electrons. The van der Waals surface area contributed by atoms with E-state index < -0.39 is 5.97 Å². The fourth-order valence-electron chi connectivity index (χ4n) is 0.734. The smallest absolute Gasteiger partial charge is 0.322 e. The van der Waals surface area contributed by atoms with E-state index in [4.69, 9.17) is 33.9 Å². The number of hydrogen-bond donors (Lipinski definition) is 5. The van der Waals surface area contributed by atoms with E-state index in [0.717, 1.165) is 17.6 Å². The SMILES string of the molecule is C=C(Cl)CN.C=CCN.NCCBr.O=C(O)CNc1ccccc1. The zero-order valence-corrected chi connectivity index (χ0v) is 16.1. The number of benzene rings is 1. The zero-order valence-electron chi connectivity index (χ0n) is 13.8. The minimum absolute atomic E-state index is 0.0377. The van der Waals surface area contributed by atoms with Crippen LogP contribution in [0.2, 0.25) is 0 Å². The van der Waals surface area contributed by atoms with Crippen molar-refractivity contribution in [2.45, 2.75) is 0 Å². The summed E-state index contributed by atoms with van der Waals surface area (Å²) in [6.07, 6.45) is 1.65. The first-order valence-corrected chi connectivity index (χ1v) is 8.50. The first-order chi connectivity index (χ1) is 11.4. The number of carboxylic acids is 1. The van der Waals surface area contributed by atoms with Crippen molar-refractivity contribution in [3.63, 3.8) is 0 Å². The zero-order chi connectivity index (χ0) is 19.2. The molecule has 0 fully saturated rings. The number of halogens is 2. The van der Waals surface area contributed by atoms with E-state index in [1.807, 2.05) is 30.3 Å². The fourth-order valence-corrected chi connectivity index (χ4v) is 0.734. The van der Waals surface area contributed by atoms with Crippen LogP contribution < -0.4 is 22.5 Å². The van der Waals surface area contributed by atoms with Gasteiger partial charge in [-0.15, -0.1) is 6.58 Å². The lowest BCUT2D eigenvalue weighted by atomic mass is 10.3. The fraction of sp³-hybridized carbons (Fsp3) is 0.312. The number of hydrogen-bond acceptors (Lipinski definition) is 5. The minimum atomic E-state index is -0.853. The first-order valence-electron chi connectivity index (χ1n) is 7.00. The second-order valence-electron chi connectivity index (χ2n) is 3.84. The molecule has 8 N–H and O–H groups in total. The van der Waals surface area contributed by atoms with Gasteiger partial charge < -0.3 is 27.6 Å². The largest absolute Gasteiger partial charge is 0.480 e. The Morgan fingerprint density at radius 3 is 1.96 bits per heavy atom. The second kappa shape index (κ2) is 23.9. The predicted octanol–water partition coefficient (Wildman–Crippen LogP) is 2.35. The van der Waals surface area contributed by atoms with Gasteiger partial charge in [-0.2, -0.15) is 0 Å². The Kier molecular flexibility index (Phi) is 27.3. The molecule has 0 saturated carbocycles. The molecule has 1 rings (SSSR count). The minimum Gasteiger partial charge on any atom is -0.480 e. The molecule has 0 aliphatic carbocycles. The third-order valence-corrected chi connectivity index (χ3v) is 2.33. The molecule has 0 aliphatic rings. The predicted molar refractivity (Wildman–Crippen MR) is 109 cm³/mol. The van der Waals surface area contributed by atoms with Crippen LogP contribution in [0.5, 0.6) is 0 Å². The molecule has 1 aromatic rings. The lowest BCUT2D eigenvalue weighted by Gasteiger charge is -2.00. The van der Waals surface area contributed by atoms with Crippen molar-refractivity contribution < 1.29 is 9.90 Å². The van der Waals surface area contributed by atoms with Crippen molar-refractivity contribution in [1.82, 2.24) is 0 Å². The molecule has 0 amide bonds. The molecule has 0 heterocycles. The summed E-state index contributed by atoms with van der Waals surface area (Å²) >= 11 is 8.27. The average molecular weight is 424 g/mol. The topological polar surface area (TPSA) is 127 Å². The monoisotopic (exact) mass is 422 g/mol. The molecule has 6 nitrogen and oxygen atoms in total. The van der Waals surface area contributed by atoms with Gasteiger partial charge in [0, 0.05) is 35.7 Å². The van der Waals surface area contributed by atoms with Gasteiger partial charge in [-0.05, 0) is 12.1 Å². The van der Waals surface area contributed by atoms with Crippen LogP contribution in [-0.2, 0) is 4.79 Å². The van der Waals surface area contributed by atoms with Crippen molar-refractivity contribution in [1.29, 1.82) is 0 Å². The number of para-hydroxylation sites is 1. The number of anilines is 1. The Labute approximate surface area is 157 Å². The number of rotatable bonds is 6. The summed E-state index contributed by atoms with van der Waals surface area (Å²) in [5.74, 6) is -0.853. The summed E-state index contributed by atoms with van der Waals surface area (Å²) in [6.45, 7) is 8.33. The van der Waals surface area contributed by atoms with Gasteiger partial charge in [0.1, 0.15) is 6.54 Å². The normalized spacial score (nSPS) is 8.04. The highest BCUT2D eigenvalue weighted by atomic mass is 79.9. The maximum atomic E-state index is 10.1. The molecule has 24 heavy (non-hydrogen) atoms. The third kappa shape index (κ3) is 32.5. The van der Waals surface area contributed by atoms with Gasteiger partial charge in [0.15, 0.2) is 0 Å². The molecule has 0 aliphatic heterocycles. The van der Waals surface area contributed by atoms with Crippen LogP contribution in [0.25, 0.3) is 0 Å². The second-order valence-corrected chi connectivity index (χ2v) is 5.16. The first kappa shape index (κ1) is 27.5. The van der Waals surface area contributed by atoms with E-state index in [1.54, 1.807) is 6.08 Å². The van der Waals surface area contributed by atoms with Crippen molar-refractivity contribution in [2.75, 3.05) is 36.8 Å². The maximum absolute atomic E-state index is 10.1. The molecule has 0 aromatic heterocycles. The van der Waals surface area contributed by atoms with Gasteiger partial charge in [0.05, 0.1) is 0 Å². The van der Waals surface area contributed by atoms with E-state index >= 15 is 0 Å². The Bertz CT molecular complexity index is 418. The summed E-state index contributed by atoms with van der Waals surface area (Å²) in [7, 11) is 0. The summed E-state index contributed by atoms with van der Waals surface area (Å²) in [5, 5.41) is 12.5. The van der Waals surface area contributed by atoms with Crippen molar-refractivity contribution >= 4 is 39.2 Å². The van der Waals surface area contributed by atoms with Gasteiger partial charge in [-0.25, -0.2) is 0 Å². The van der Waals surface area contributed by atoms with Crippen molar-refractivity contribution in [3.8, 4) is 0 Å². The standard InChI is InChI=1S/C8H9NO2.C3H6ClN.C3H7N.C2H6BrN/c10-8(11)6-9-7-4-2-1-3-5-7;1-3(4)2-5;1-2-3-4;3-1-2-4/h1-5,9H,6H2,(H,10,11);1-2,5H2;2H,1,3-4H2;1-2,4H2. The number of aliphatic carboxylic acids is 1. The number of nitrogens with one attached hydrogen (secondary N) is 1. The molecule has 0 unspecified atom stereocenters. The van der Waals surface area contributed by atoms with Crippen LogP contribution in [0, 0.1) is 0 Å². The summed E-state index contributed by atoms with van der Waals surface area (Å²) < 4.78 is 0. The summed E-state index contributed by atoms with van der Waals surface area (Å²) in [5.41, 5.74) is 15.7. The number of carbonyl (C=O) groups is 1. The molecule has 138 valence electrons. The van der Waals surface area contributed by atoms with Crippen LogP contribution in [0.4, 0.5) is 5.69 Å². The lowest BCUT2D eigenvalue weighted by Crippen LogP contribution is -2.11. The number of nitrogens with two attached hydrogens (primary N) is 3. The molecule has 0 atom stereocenters. The molecule has 1 aromatic carbocycles. The van der Waals surface area contributed by atoms with Crippen molar-refractivity contribution in [2.24, 2.45) is 17.2 Å². The van der Waals surface area contributed by atoms with Crippen LogP contribution in [-0.4, -0.2) is 42.6 Å². The highest BCUT2D eigenvalue weighted by Crippen LogP contribution is 2.03. The molecular formula is C16H28BrClN4O2. The number of carboxylic acid groups (broad SMARTS) is 1. The Morgan fingerprint density at radius 1 is 1.29 bits per heavy atom. The summed E-state index contributed by atoms with van der Waals surface area (Å²) in [6, 6.07) is 9.23. The van der Waals surface area contributed by atoms with E-state index in [0.29, 0.717) is 18.1 Å². The lowest BCUT2D eigenvalue weighted by molar-refractivity contribution is -0.134. The Hall–Kier alpha value is -1.38. The van der Waals surface area contributed by atoms with Gasteiger partial charge in [-0.3, -0.25) is 4.79 Å². The molecule has 0 saturated heterocycles. The summed E-state index contributed by atoms with van der Waals surface area (Å²) in [4.78, 5) is 10.1. The van der Waals surface area contributed by atoms with Gasteiger partial charge in [0.2, 0.25) is 0 Å².